The molecule has 1 fully saturated rings. The fraction of sp³-hybridized carbons (Fsp3) is 0.538. The normalized spacial score (nSPS) is 19.4. The summed E-state index contributed by atoms with van der Waals surface area (Å²) in [5.41, 5.74) is 6.76. The predicted molar refractivity (Wildman–Crippen MR) is 61.6 cm³/mol. The summed E-state index contributed by atoms with van der Waals surface area (Å²) in [5.74, 6) is 0.398. The number of hydrogen-bond donors (Lipinski definition) is 1. The lowest BCUT2D eigenvalue weighted by molar-refractivity contribution is 0.0624. The molecule has 0 amide bonds. The summed E-state index contributed by atoms with van der Waals surface area (Å²) < 4.78 is 18.8. The summed E-state index contributed by atoms with van der Waals surface area (Å²) in [6, 6.07) is 6.67. The second-order valence-electron chi connectivity index (χ2n) is 4.50. The lowest BCUT2D eigenvalue weighted by Gasteiger charge is -2.22. The Morgan fingerprint density at radius 1 is 1.44 bits per heavy atom. The smallest absolute Gasteiger partial charge is 0.126 e. The van der Waals surface area contributed by atoms with Gasteiger partial charge < -0.3 is 10.5 Å². The van der Waals surface area contributed by atoms with Gasteiger partial charge in [-0.05, 0) is 36.8 Å². The average molecular weight is 223 g/mol. The lowest BCUT2D eigenvalue weighted by atomic mass is 9.99. The summed E-state index contributed by atoms with van der Waals surface area (Å²) in [4.78, 5) is 0. The van der Waals surface area contributed by atoms with E-state index < -0.39 is 0 Å². The highest BCUT2D eigenvalue weighted by Gasteiger charge is 2.35. The molecule has 0 radical (unpaired) electrons. The van der Waals surface area contributed by atoms with Crippen LogP contribution in [0.3, 0.4) is 0 Å². The zero-order valence-corrected chi connectivity index (χ0v) is 9.53. The van der Waals surface area contributed by atoms with Gasteiger partial charge in [0.1, 0.15) is 5.82 Å². The number of rotatable bonds is 5. The molecule has 2 unspecified atom stereocenters. The Labute approximate surface area is 95.6 Å². The number of hydrogen-bond acceptors (Lipinski definition) is 2. The number of ether oxygens (including phenoxy) is 1. The Hall–Kier alpha value is -0.930. The summed E-state index contributed by atoms with van der Waals surface area (Å²) >= 11 is 0. The topological polar surface area (TPSA) is 35.2 Å². The molecule has 2 nitrogen and oxygen atoms in total. The summed E-state index contributed by atoms with van der Waals surface area (Å²) in [6.07, 6.45) is 2.98. The largest absolute Gasteiger partial charge is 0.380 e. The van der Waals surface area contributed by atoms with Gasteiger partial charge in [0.2, 0.25) is 0 Å². The van der Waals surface area contributed by atoms with Crippen molar-refractivity contribution in [2.45, 2.75) is 31.4 Å². The van der Waals surface area contributed by atoms with Crippen molar-refractivity contribution >= 4 is 0 Å². The maximum Gasteiger partial charge on any atom is 0.126 e. The van der Waals surface area contributed by atoms with Crippen LogP contribution in [-0.2, 0) is 11.2 Å². The average Bonchev–Trinajstić information content (AvgIpc) is 3.07. The first-order chi connectivity index (χ1) is 7.72. The van der Waals surface area contributed by atoms with Crippen LogP contribution in [0.25, 0.3) is 0 Å². The van der Waals surface area contributed by atoms with Gasteiger partial charge in [0, 0.05) is 13.2 Å². The monoisotopic (exact) mass is 223 g/mol. The van der Waals surface area contributed by atoms with E-state index in [4.69, 9.17) is 10.5 Å². The van der Waals surface area contributed by atoms with Crippen LogP contribution >= 0.6 is 0 Å². The molecule has 88 valence electrons. The number of halogens is 1. The Bertz CT molecular complexity index is 352. The van der Waals surface area contributed by atoms with Crippen LogP contribution < -0.4 is 5.73 Å². The molecule has 0 aromatic heterocycles. The van der Waals surface area contributed by atoms with Crippen molar-refractivity contribution in [3.8, 4) is 0 Å². The zero-order chi connectivity index (χ0) is 11.5. The van der Waals surface area contributed by atoms with Crippen LogP contribution in [0.1, 0.15) is 18.4 Å². The first kappa shape index (κ1) is 11.6. The highest BCUT2D eigenvalue weighted by Crippen LogP contribution is 2.35. The second-order valence-corrected chi connectivity index (χ2v) is 4.50. The van der Waals surface area contributed by atoms with Gasteiger partial charge in [-0.1, -0.05) is 18.2 Å². The van der Waals surface area contributed by atoms with Gasteiger partial charge in [0.05, 0.1) is 6.10 Å². The van der Waals surface area contributed by atoms with Crippen molar-refractivity contribution < 1.29 is 9.13 Å². The molecule has 0 aliphatic heterocycles. The van der Waals surface area contributed by atoms with E-state index in [2.05, 4.69) is 0 Å². The molecule has 1 aromatic carbocycles. The number of nitrogens with two attached hydrogens (primary N) is 1. The van der Waals surface area contributed by atoms with Crippen molar-refractivity contribution in [2.24, 2.45) is 11.7 Å². The third kappa shape index (κ3) is 2.60. The van der Waals surface area contributed by atoms with Crippen molar-refractivity contribution in [1.82, 2.24) is 0 Å². The van der Waals surface area contributed by atoms with Gasteiger partial charge in [-0.15, -0.1) is 0 Å². The highest BCUT2D eigenvalue weighted by atomic mass is 19.1. The van der Waals surface area contributed by atoms with Crippen LogP contribution in [0.4, 0.5) is 4.39 Å². The van der Waals surface area contributed by atoms with E-state index in [0.717, 1.165) is 0 Å². The number of methoxy groups -OCH3 is 1. The van der Waals surface area contributed by atoms with Crippen LogP contribution in [-0.4, -0.2) is 19.3 Å². The first-order valence-electron chi connectivity index (χ1n) is 5.74. The fourth-order valence-electron chi connectivity index (χ4n) is 2.18. The second kappa shape index (κ2) is 4.93. The van der Waals surface area contributed by atoms with Gasteiger partial charge in [-0.3, -0.25) is 0 Å². The molecule has 16 heavy (non-hydrogen) atoms. The molecule has 2 rings (SSSR count). The molecule has 0 spiro atoms. The van der Waals surface area contributed by atoms with Crippen molar-refractivity contribution in [1.29, 1.82) is 0 Å². The minimum atomic E-state index is -0.177. The van der Waals surface area contributed by atoms with E-state index in [1.165, 1.54) is 18.9 Å². The standard InChI is InChI=1S/C13H18FNO/c1-16-13(9-6-7-9)12(15)8-10-4-2-3-5-11(10)14/h2-5,9,12-13H,6-8,15H2,1H3. The third-order valence-corrected chi connectivity index (χ3v) is 3.19. The Kier molecular flexibility index (Phi) is 3.56. The van der Waals surface area contributed by atoms with Gasteiger partial charge in [0.15, 0.2) is 0 Å². The van der Waals surface area contributed by atoms with Gasteiger partial charge in [0.25, 0.3) is 0 Å². The van der Waals surface area contributed by atoms with Crippen LogP contribution in [0.15, 0.2) is 24.3 Å². The molecule has 1 saturated carbocycles. The fourth-order valence-corrected chi connectivity index (χ4v) is 2.18. The minimum absolute atomic E-state index is 0.0691. The summed E-state index contributed by atoms with van der Waals surface area (Å²) in [6.45, 7) is 0. The van der Waals surface area contributed by atoms with Crippen LogP contribution in [0.2, 0.25) is 0 Å². The Balaban J connectivity index is 2.00. The SMILES string of the molecule is COC(C(N)Cc1ccccc1F)C1CC1. The molecule has 1 aliphatic rings. The quantitative estimate of drug-likeness (QED) is 0.830. The summed E-state index contributed by atoms with van der Waals surface area (Å²) in [5, 5.41) is 0. The van der Waals surface area contributed by atoms with Gasteiger partial charge >= 0.3 is 0 Å². The van der Waals surface area contributed by atoms with Gasteiger partial charge in [-0.2, -0.15) is 0 Å². The molecule has 1 aromatic rings. The predicted octanol–water partition coefficient (Wildman–Crippen LogP) is 2.12. The minimum Gasteiger partial charge on any atom is -0.380 e. The Morgan fingerprint density at radius 2 is 2.12 bits per heavy atom. The van der Waals surface area contributed by atoms with Crippen LogP contribution in [0, 0.1) is 11.7 Å². The molecule has 3 heteroatoms. The van der Waals surface area contributed by atoms with E-state index >= 15 is 0 Å². The first-order valence-corrected chi connectivity index (χ1v) is 5.74. The molecular weight excluding hydrogens is 205 g/mol. The highest BCUT2D eigenvalue weighted by molar-refractivity contribution is 5.18. The van der Waals surface area contributed by atoms with Crippen molar-refractivity contribution in [3.63, 3.8) is 0 Å². The molecule has 0 heterocycles. The maximum absolute atomic E-state index is 13.4. The zero-order valence-electron chi connectivity index (χ0n) is 9.53. The summed E-state index contributed by atoms with van der Waals surface area (Å²) in [7, 11) is 1.68. The molecule has 0 bridgehead atoms. The molecule has 2 atom stereocenters. The van der Waals surface area contributed by atoms with Crippen molar-refractivity contribution in [2.75, 3.05) is 7.11 Å². The third-order valence-electron chi connectivity index (χ3n) is 3.19. The van der Waals surface area contributed by atoms with Crippen LogP contribution in [0.5, 0.6) is 0 Å². The number of benzene rings is 1. The van der Waals surface area contributed by atoms with E-state index in [1.54, 1.807) is 19.2 Å². The molecule has 2 N–H and O–H groups in total. The van der Waals surface area contributed by atoms with Crippen molar-refractivity contribution in [3.05, 3.63) is 35.6 Å². The lowest BCUT2D eigenvalue weighted by Crippen LogP contribution is -2.39. The van der Waals surface area contributed by atoms with E-state index in [-0.39, 0.29) is 18.0 Å². The maximum atomic E-state index is 13.4. The molecule has 0 saturated heterocycles. The molecular formula is C13H18FNO. The van der Waals surface area contributed by atoms with E-state index in [9.17, 15) is 4.39 Å². The van der Waals surface area contributed by atoms with Gasteiger partial charge in [-0.25, -0.2) is 4.39 Å². The van der Waals surface area contributed by atoms with E-state index in [0.29, 0.717) is 17.9 Å². The molecule has 1 aliphatic carbocycles. The Morgan fingerprint density at radius 3 is 2.69 bits per heavy atom. The van der Waals surface area contributed by atoms with E-state index in [1.807, 2.05) is 6.07 Å².